The van der Waals surface area contributed by atoms with Crippen LogP contribution in [0.4, 0.5) is 0 Å². The Morgan fingerprint density at radius 3 is 2.47 bits per heavy atom. The van der Waals surface area contributed by atoms with Crippen molar-refractivity contribution in [2.24, 2.45) is 0 Å². The smallest absolute Gasteiger partial charge is 0.269 e. The van der Waals surface area contributed by atoms with E-state index in [1.807, 2.05) is 38.1 Å². The summed E-state index contributed by atoms with van der Waals surface area (Å²) in [5.74, 6) is -1.64. The third-order valence-electron chi connectivity index (χ3n) is 5.84. The average Bonchev–Trinajstić information content (AvgIpc) is 3.00. The second-order valence-corrected chi connectivity index (χ2v) is 10.2. The molecule has 0 bridgehead atoms. The Labute approximate surface area is 201 Å². The molecule has 9 heteroatoms. The lowest BCUT2D eigenvalue weighted by Gasteiger charge is -2.31. The number of fused-ring (bicyclic) bond motifs is 1. The second kappa shape index (κ2) is 10.8. The zero-order chi connectivity index (χ0) is 24.9. The van der Waals surface area contributed by atoms with E-state index < -0.39 is 34.4 Å². The molecular formula is C25H31N3O5S. The van der Waals surface area contributed by atoms with Gasteiger partial charge in [0, 0.05) is 13.1 Å². The minimum Gasteiger partial charge on any atom is -0.354 e. The second-order valence-electron chi connectivity index (χ2n) is 8.39. The SMILES string of the molecule is CCCCNC(=O)[C@H](CC)N(Cc1cccc(C)c1)C(=O)CN1C(=O)c2ccccc2S1(=O)=O. The first-order valence-corrected chi connectivity index (χ1v) is 12.9. The number of rotatable bonds is 10. The molecule has 0 aliphatic carbocycles. The van der Waals surface area contributed by atoms with Gasteiger partial charge in [0.1, 0.15) is 17.5 Å². The molecule has 34 heavy (non-hydrogen) atoms. The molecule has 8 nitrogen and oxygen atoms in total. The van der Waals surface area contributed by atoms with Crippen molar-refractivity contribution in [1.82, 2.24) is 14.5 Å². The van der Waals surface area contributed by atoms with Crippen LogP contribution in [-0.4, -0.2) is 54.5 Å². The molecular weight excluding hydrogens is 454 g/mol. The van der Waals surface area contributed by atoms with Crippen LogP contribution in [0.3, 0.4) is 0 Å². The Bertz CT molecular complexity index is 1180. The Hall–Kier alpha value is -3.20. The van der Waals surface area contributed by atoms with E-state index in [-0.39, 0.29) is 22.9 Å². The molecule has 2 aromatic carbocycles. The van der Waals surface area contributed by atoms with E-state index in [1.54, 1.807) is 13.0 Å². The molecule has 0 spiro atoms. The molecule has 0 saturated heterocycles. The first-order chi connectivity index (χ1) is 16.2. The third kappa shape index (κ3) is 5.30. The fourth-order valence-electron chi connectivity index (χ4n) is 4.03. The predicted octanol–water partition coefficient (Wildman–Crippen LogP) is 2.86. The summed E-state index contributed by atoms with van der Waals surface area (Å²) < 4.78 is 26.5. The minimum atomic E-state index is -4.14. The number of nitrogens with one attached hydrogen (secondary N) is 1. The largest absolute Gasteiger partial charge is 0.354 e. The van der Waals surface area contributed by atoms with Crippen molar-refractivity contribution in [2.75, 3.05) is 13.1 Å². The first kappa shape index (κ1) is 25.4. The van der Waals surface area contributed by atoms with Crippen LogP contribution in [0.15, 0.2) is 53.4 Å². The van der Waals surface area contributed by atoms with Gasteiger partial charge in [-0.1, -0.05) is 62.2 Å². The number of carbonyl (C=O) groups is 3. The molecule has 1 aliphatic heterocycles. The standard InChI is InChI=1S/C25H31N3O5S/c1-4-6-14-26-24(30)21(5-2)27(16-19-11-9-10-18(3)15-19)23(29)17-28-25(31)20-12-7-8-13-22(20)34(28,32)33/h7-13,15,21H,4-6,14,16-17H2,1-3H3,(H,26,30)/t21-/m0/s1. The summed E-state index contributed by atoms with van der Waals surface area (Å²) in [6.45, 7) is 5.69. The molecule has 0 aromatic heterocycles. The highest BCUT2D eigenvalue weighted by molar-refractivity contribution is 7.90. The molecule has 3 rings (SSSR count). The fraction of sp³-hybridized carbons (Fsp3) is 0.400. The van der Waals surface area contributed by atoms with Crippen LogP contribution < -0.4 is 5.32 Å². The van der Waals surface area contributed by atoms with E-state index in [0.717, 1.165) is 24.0 Å². The number of hydrogen-bond donors (Lipinski definition) is 1. The lowest BCUT2D eigenvalue weighted by molar-refractivity contribution is -0.141. The van der Waals surface area contributed by atoms with Crippen molar-refractivity contribution in [2.45, 2.75) is 57.5 Å². The number of nitrogens with zero attached hydrogens (tertiary/aromatic N) is 2. The van der Waals surface area contributed by atoms with Crippen LogP contribution in [0.2, 0.25) is 0 Å². The summed E-state index contributed by atoms with van der Waals surface area (Å²) in [4.78, 5) is 40.5. The number of carbonyl (C=O) groups excluding carboxylic acids is 3. The molecule has 1 heterocycles. The summed E-state index contributed by atoms with van der Waals surface area (Å²) in [5.41, 5.74) is 1.86. The minimum absolute atomic E-state index is 0.0462. The van der Waals surface area contributed by atoms with Gasteiger partial charge in [-0.25, -0.2) is 12.7 Å². The lowest BCUT2D eigenvalue weighted by Crippen LogP contribution is -2.52. The number of unbranched alkanes of at least 4 members (excludes halogenated alkanes) is 1. The van der Waals surface area contributed by atoms with Gasteiger partial charge < -0.3 is 10.2 Å². The molecule has 0 unspecified atom stereocenters. The third-order valence-corrected chi connectivity index (χ3v) is 7.63. The Balaban J connectivity index is 1.90. The van der Waals surface area contributed by atoms with Crippen molar-refractivity contribution in [3.8, 4) is 0 Å². The maximum absolute atomic E-state index is 13.5. The highest BCUT2D eigenvalue weighted by Gasteiger charge is 2.43. The summed E-state index contributed by atoms with van der Waals surface area (Å²) >= 11 is 0. The normalized spacial score (nSPS) is 15.0. The molecule has 0 saturated carbocycles. The summed E-state index contributed by atoms with van der Waals surface area (Å²) in [7, 11) is -4.14. The van der Waals surface area contributed by atoms with Gasteiger partial charge in [0.15, 0.2) is 0 Å². The molecule has 1 atom stereocenters. The average molecular weight is 486 g/mol. The Morgan fingerprint density at radius 2 is 1.82 bits per heavy atom. The van der Waals surface area contributed by atoms with Crippen molar-refractivity contribution in [3.05, 3.63) is 65.2 Å². The van der Waals surface area contributed by atoms with Crippen LogP contribution in [0.1, 0.15) is 54.6 Å². The van der Waals surface area contributed by atoms with E-state index in [9.17, 15) is 22.8 Å². The lowest BCUT2D eigenvalue weighted by atomic mass is 10.1. The maximum atomic E-state index is 13.5. The highest BCUT2D eigenvalue weighted by atomic mass is 32.2. The summed E-state index contributed by atoms with van der Waals surface area (Å²) in [6.07, 6.45) is 2.07. The van der Waals surface area contributed by atoms with Gasteiger partial charge in [0.05, 0.1) is 5.56 Å². The molecule has 0 radical (unpaired) electrons. The number of aryl methyl sites for hydroxylation is 1. The molecule has 3 amide bonds. The van der Waals surface area contributed by atoms with Crippen LogP contribution in [0.25, 0.3) is 0 Å². The van der Waals surface area contributed by atoms with E-state index in [2.05, 4.69) is 5.32 Å². The Morgan fingerprint density at radius 1 is 1.09 bits per heavy atom. The van der Waals surface area contributed by atoms with Crippen molar-refractivity contribution < 1.29 is 22.8 Å². The quantitative estimate of drug-likeness (QED) is 0.521. The van der Waals surface area contributed by atoms with Gasteiger partial charge in [-0.15, -0.1) is 0 Å². The highest BCUT2D eigenvalue weighted by Crippen LogP contribution is 2.30. The molecule has 2 aromatic rings. The summed E-state index contributed by atoms with van der Waals surface area (Å²) in [5, 5.41) is 2.87. The van der Waals surface area contributed by atoms with Crippen molar-refractivity contribution in [1.29, 1.82) is 0 Å². The van der Waals surface area contributed by atoms with Gasteiger partial charge in [-0.05, 0) is 37.5 Å². The molecule has 1 aliphatic rings. The number of amides is 3. The summed E-state index contributed by atoms with van der Waals surface area (Å²) in [6, 6.07) is 12.7. The van der Waals surface area contributed by atoms with Crippen molar-refractivity contribution in [3.63, 3.8) is 0 Å². The van der Waals surface area contributed by atoms with E-state index in [4.69, 9.17) is 0 Å². The number of hydrogen-bond acceptors (Lipinski definition) is 5. The molecule has 0 fully saturated rings. The first-order valence-electron chi connectivity index (χ1n) is 11.5. The zero-order valence-corrected chi connectivity index (χ0v) is 20.6. The molecule has 1 N–H and O–H groups in total. The van der Waals surface area contributed by atoms with Gasteiger partial charge in [0.25, 0.3) is 15.9 Å². The van der Waals surface area contributed by atoms with Crippen LogP contribution in [0.5, 0.6) is 0 Å². The van der Waals surface area contributed by atoms with Crippen LogP contribution in [0, 0.1) is 6.92 Å². The molecule has 182 valence electrons. The number of benzene rings is 2. The van der Waals surface area contributed by atoms with Crippen LogP contribution in [-0.2, 0) is 26.2 Å². The fourth-order valence-corrected chi connectivity index (χ4v) is 5.55. The van der Waals surface area contributed by atoms with Gasteiger partial charge in [-0.3, -0.25) is 14.4 Å². The van der Waals surface area contributed by atoms with E-state index in [1.165, 1.54) is 23.1 Å². The monoisotopic (exact) mass is 485 g/mol. The Kier molecular flexibility index (Phi) is 8.09. The topological polar surface area (TPSA) is 104 Å². The maximum Gasteiger partial charge on any atom is 0.269 e. The van der Waals surface area contributed by atoms with Gasteiger partial charge in [-0.2, -0.15) is 0 Å². The predicted molar refractivity (Wildman–Crippen MR) is 128 cm³/mol. The van der Waals surface area contributed by atoms with Crippen molar-refractivity contribution >= 4 is 27.7 Å². The zero-order valence-electron chi connectivity index (χ0n) is 19.8. The van der Waals surface area contributed by atoms with E-state index in [0.29, 0.717) is 17.3 Å². The van der Waals surface area contributed by atoms with Gasteiger partial charge in [0.2, 0.25) is 11.8 Å². The van der Waals surface area contributed by atoms with Crippen LogP contribution >= 0.6 is 0 Å². The number of sulfonamides is 1. The van der Waals surface area contributed by atoms with E-state index >= 15 is 0 Å². The van der Waals surface area contributed by atoms with Gasteiger partial charge >= 0.3 is 0 Å².